The zero-order valence-electron chi connectivity index (χ0n) is 19.4. The third-order valence-corrected chi connectivity index (χ3v) is 6.30. The highest BCUT2D eigenvalue weighted by Gasteiger charge is 2.31. The molecule has 3 aromatic carbocycles. The summed E-state index contributed by atoms with van der Waals surface area (Å²) < 4.78 is 40.5. The molecule has 12 heteroatoms. The highest BCUT2D eigenvalue weighted by atomic mass is 35.5. The first-order chi connectivity index (χ1) is 17.7. The predicted octanol–water partition coefficient (Wildman–Crippen LogP) is 6.51. The molecule has 1 fully saturated rings. The van der Waals surface area contributed by atoms with Crippen LogP contribution in [0.4, 0.5) is 24.5 Å². The molecule has 37 heavy (non-hydrogen) atoms. The molecule has 7 nitrogen and oxygen atoms in total. The lowest BCUT2D eigenvalue weighted by atomic mass is 10.1. The van der Waals surface area contributed by atoms with E-state index in [0.29, 0.717) is 16.3 Å². The second-order valence-electron chi connectivity index (χ2n) is 7.66. The Labute approximate surface area is 220 Å². The van der Waals surface area contributed by atoms with Crippen molar-refractivity contribution in [2.24, 2.45) is 25.9 Å². The normalized spacial score (nSPS) is 15.5. The Bertz CT molecular complexity index is 1350. The van der Waals surface area contributed by atoms with Crippen LogP contribution in [0.5, 0.6) is 5.75 Å². The van der Waals surface area contributed by atoms with Crippen molar-refractivity contribution >= 4 is 58.3 Å². The van der Waals surface area contributed by atoms with Crippen molar-refractivity contribution in [2.45, 2.75) is 13.3 Å². The fourth-order valence-corrected chi connectivity index (χ4v) is 4.27. The maximum atomic E-state index is 12.2. The maximum absolute atomic E-state index is 12.2. The van der Waals surface area contributed by atoms with Crippen molar-refractivity contribution in [1.82, 2.24) is 0 Å². The van der Waals surface area contributed by atoms with Crippen molar-refractivity contribution in [1.29, 1.82) is 0 Å². The number of benzene rings is 3. The number of hydrogen-bond acceptors (Lipinski definition) is 5. The molecule has 190 valence electrons. The number of halogens is 4. The smallest absolute Gasteiger partial charge is 0.406 e. The number of rotatable bonds is 7. The van der Waals surface area contributed by atoms with Crippen LogP contribution in [0.3, 0.4) is 0 Å². The molecule has 0 aromatic heterocycles. The summed E-state index contributed by atoms with van der Waals surface area (Å²) in [6.45, 7) is 2.00. The molecule has 0 bridgehead atoms. The van der Waals surface area contributed by atoms with Gasteiger partial charge in [-0.1, -0.05) is 59.8 Å². The van der Waals surface area contributed by atoms with Crippen LogP contribution < -0.4 is 15.4 Å². The topological polar surface area (TPSA) is 87.9 Å². The number of aryl methyl sites for hydroxylation is 1. The van der Waals surface area contributed by atoms with Gasteiger partial charge in [0.1, 0.15) is 17.9 Å². The van der Waals surface area contributed by atoms with Crippen LogP contribution in [-0.2, 0) is 0 Å². The van der Waals surface area contributed by atoms with Gasteiger partial charge in [0.15, 0.2) is 5.17 Å². The average Bonchev–Trinajstić information content (AvgIpc) is 2.84. The van der Waals surface area contributed by atoms with Gasteiger partial charge in [-0.25, -0.2) is 9.98 Å². The summed E-state index contributed by atoms with van der Waals surface area (Å²) in [5.74, 6) is 0.651. The highest BCUT2D eigenvalue weighted by molar-refractivity contribution is 8.16. The Morgan fingerprint density at radius 2 is 1.81 bits per heavy atom. The number of nitrogens with zero attached hydrogens (tertiary/aromatic N) is 5. The van der Waals surface area contributed by atoms with E-state index in [9.17, 15) is 13.2 Å². The number of anilines is 1. The van der Waals surface area contributed by atoms with E-state index in [-0.39, 0.29) is 11.6 Å². The molecule has 1 heterocycles. The zero-order valence-corrected chi connectivity index (χ0v) is 20.9. The van der Waals surface area contributed by atoms with Crippen LogP contribution >= 0.6 is 23.4 Å². The van der Waals surface area contributed by atoms with Gasteiger partial charge in [-0.15, -0.1) is 18.3 Å². The molecule has 1 saturated heterocycles. The summed E-state index contributed by atoms with van der Waals surface area (Å²) in [6, 6.07) is 18.0. The summed E-state index contributed by atoms with van der Waals surface area (Å²) in [5.41, 5.74) is 9.89. The summed E-state index contributed by atoms with van der Waals surface area (Å²) in [5, 5.41) is 9.92. The number of hydrogen-bond donors (Lipinski definition) is 1. The van der Waals surface area contributed by atoms with Gasteiger partial charge in [-0.3, -0.25) is 0 Å². The van der Waals surface area contributed by atoms with Gasteiger partial charge < -0.3 is 15.4 Å². The van der Waals surface area contributed by atoms with Gasteiger partial charge in [0.05, 0.1) is 28.5 Å². The number of alkyl halides is 3. The quantitative estimate of drug-likeness (QED) is 0.208. The lowest BCUT2D eigenvalue weighted by Gasteiger charge is -2.34. The second kappa shape index (κ2) is 11.5. The molecular formula is C25H20ClF3N6OS. The highest BCUT2D eigenvalue weighted by Crippen LogP contribution is 2.37. The van der Waals surface area contributed by atoms with Crippen LogP contribution in [0.2, 0.25) is 5.02 Å². The molecular weight excluding hydrogens is 525 g/mol. The monoisotopic (exact) mass is 544 g/mol. The average molecular weight is 545 g/mol. The van der Waals surface area contributed by atoms with E-state index < -0.39 is 6.36 Å². The fourth-order valence-electron chi connectivity index (χ4n) is 3.25. The van der Waals surface area contributed by atoms with E-state index in [4.69, 9.17) is 17.3 Å². The number of ether oxygens (including phenoxy) is 1. The standard InChI is InChI=1S/C25H20ClF3N6OS/c1-16-3-2-4-21(26)22(16)35-15-37-24(35)34-33-13-17-5-7-18(8-6-17)23(30)32-14-31-19-9-11-20(12-10-19)36-25(27,28)29/h2-14H,15H2,1H3,(H2,30,31,32)/b33-13-,34-24+. The van der Waals surface area contributed by atoms with E-state index in [1.807, 2.05) is 42.2 Å². The molecule has 0 saturated carbocycles. The number of amidine groups is 2. The van der Waals surface area contributed by atoms with E-state index in [2.05, 4.69) is 24.9 Å². The fraction of sp³-hybridized carbons (Fsp3) is 0.120. The van der Waals surface area contributed by atoms with E-state index >= 15 is 0 Å². The predicted molar refractivity (Wildman–Crippen MR) is 145 cm³/mol. The molecule has 0 amide bonds. The van der Waals surface area contributed by atoms with Gasteiger partial charge in [0.25, 0.3) is 0 Å². The van der Waals surface area contributed by atoms with Gasteiger partial charge >= 0.3 is 6.36 Å². The van der Waals surface area contributed by atoms with Gasteiger partial charge in [0.2, 0.25) is 0 Å². The molecule has 0 atom stereocenters. The number of para-hydroxylation sites is 1. The lowest BCUT2D eigenvalue weighted by molar-refractivity contribution is -0.274. The minimum Gasteiger partial charge on any atom is -0.406 e. The molecule has 1 aliphatic rings. The molecule has 3 aromatic rings. The molecule has 0 unspecified atom stereocenters. The second-order valence-corrected chi connectivity index (χ2v) is 8.98. The Morgan fingerprint density at radius 1 is 1.08 bits per heavy atom. The Hall–Kier alpha value is -3.83. The minimum atomic E-state index is -4.74. The summed E-state index contributed by atoms with van der Waals surface area (Å²) in [4.78, 5) is 10.2. The summed E-state index contributed by atoms with van der Waals surface area (Å²) >= 11 is 7.93. The molecule has 4 rings (SSSR count). The lowest BCUT2D eigenvalue weighted by Crippen LogP contribution is -2.39. The van der Waals surface area contributed by atoms with E-state index in [1.165, 1.54) is 18.5 Å². The molecule has 2 N–H and O–H groups in total. The van der Waals surface area contributed by atoms with Gasteiger partial charge in [0, 0.05) is 5.56 Å². The van der Waals surface area contributed by atoms with Crippen LogP contribution in [-0.4, -0.2) is 35.8 Å². The number of thioether (sulfide) groups is 1. The third kappa shape index (κ3) is 7.11. The Kier molecular flexibility index (Phi) is 8.14. The Balaban J connectivity index is 1.35. The third-order valence-electron chi connectivity index (χ3n) is 5.04. The molecule has 0 radical (unpaired) electrons. The van der Waals surface area contributed by atoms with Crippen LogP contribution in [0.15, 0.2) is 86.9 Å². The van der Waals surface area contributed by atoms with Crippen LogP contribution in [0.1, 0.15) is 16.7 Å². The van der Waals surface area contributed by atoms with Crippen molar-refractivity contribution in [2.75, 3.05) is 10.8 Å². The number of aliphatic imine (C=N–C) groups is 2. The molecule has 1 aliphatic heterocycles. The zero-order chi connectivity index (χ0) is 26.4. The summed E-state index contributed by atoms with van der Waals surface area (Å²) in [6.07, 6.45) is -1.89. The SMILES string of the molecule is Cc1cccc(Cl)c1N1CS/C1=N/N=C\c1ccc(C(N)=NC=Nc2ccc(OC(F)(F)F)cc2)cc1. The largest absolute Gasteiger partial charge is 0.573 e. The van der Waals surface area contributed by atoms with Crippen molar-refractivity contribution in [3.05, 3.63) is 88.4 Å². The number of nitrogens with two attached hydrogens (primary N) is 1. The first kappa shape index (κ1) is 26.2. The minimum absolute atomic E-state index is 0.223. The molecule has 0 spiro atoms. The van der Waals surface area contributed by atoms with Gasteiger partial charge in [-0.05, 0) is 48.4 Å². The first-order valence-corrected chi connectivity index (χ1v) is 12.1. The van der Waals surface area contributed by atoms with Crippen LogP contribution in [0, 0.1) is 6.92 Å². The van der Waals surface area contributed by atoms with Crippen molar-refractivity contribution in [3.8, 4) is 5.75 Å². The van der Waals surface area contributed by atoms with Crippen molar-refractivity contribution < 1.29 is 17.9 Å². The maximum Gasteiger partial charge on any atom is 0.573 e. The Morgan fingerprint density at radius 3 is 2.43 bits per heavy atom. The molecule has 0 aliphatic carbocycles. The van der Waals surface area contributed by atoms with Crippen LogP contribution in [0.25, 0.3) is 0 Å². The van der Waals surface area contributed by atoms with Gasteiger partial charge in [-0.2, -0.15) is 5.10 Å². The van der Waals surface area contributed by atoms with E-state index in [1.54, 1.807) is 30.1 Å². The summed E-state index contributed by atoms with van der Waals surface area (Å²) in [7, 11) is 0. The van der Waals surface area contributed by atoms with E-state index in [0.717, 1.165) is 40.0 Å². The van der Waals surface area contributed by atoms with Crippen molar-refractivity contribution in [3.63, 3.8) is 0 Å². The first-order valence-electron chi connectivity index (χ1n) is 10.8.